The van der Waals surface area contributed by atoms with E-state index in [1.807, 2.05) is 26.0 Å². The summed E-state index contributed by atoms with van der Waals surface area (Å²) in [6, 6.07) is 8.81. The molecule has 1 aliphatic rings. The van der Waals surface area contributed by atoms with Crippen molar-refractivity contribution in [1.29, 1.82) is 0 Å². The van der Waals surface area contributed by atoms with Crippen LogP contribution < -0.4 is 4.90 Å². The number of hydrogen-bond donors (Lipinski definition) is 0. The van der Waals surface area contributed by atoms with Gasteiger partial charge < -0.3 is 14.3 Å². The van der Waals surface area contributed by atoms with Crippen molar-refractivity contribution in [3.63, 3.8) is 0 Å². The molecule has 0 unspecified atom stereocenters. The highest BCUT2D eigenvalue weighted by Gasteiger charge is 2.24. The number of hydrogen-bond acceptors (Lipinski definition) is 6. The molecule has 0 radical (unpaired) electrons. The van der Waals surface area contributed by atoms with Crippen LogP contribution in [0.25, 0.3) is 11.4 Å². The van der Waals surface area contributed by atoms with Gasteiger partial charge in [-0.25, -0.2) is 4.98 Å². The molecule has 9 heteroatoms. The van der Waals surface area contributed by atoms with Crippen molar-refractivity contribution < 1.29 is 9.32 Å². The van der Waals surface area contributed by atoms with Crippen LogP contribution >= 0.6 is 23.2 Å². The number of rotatable bonds is 4. The number of aromatic nitrogens is 3. The lowest BCUT2D eigenvalue weighted by Gasteiger charge is -2.35. The van der Waals surface area contributed by atoms with Crippen LogP contribution in [-0.4, -0.2) is 52.1 Å². The van der Waals surface area contributed by atoms with E-state index in [4.69, 9.17) is 27.7 Å². The molecule has 0 spiro atoms. The van der Waals surface area contributed by atoms with Crippen molar-refractivity contribution in [3.8, 4) is 11.4 Å². The molecule has 30 heavy (non-hydrogen) atoms. The van der Waals surface area contributed by atoms with Gasteiger partial charge in [-0.3, -0.25) is 4.79 Å². The predicted molar refractivity (Wildman–Crippen MR) is 116 cm³/mol. The van der Waals surface area contributed by atoms with Crippen molar-refractivity contribution in [2.45, 2.75) is 19.8 Å². The first-order chi connectivity index (χ1) is 14.4. The quantitative estimate of drug-likeness (QED) is 0.587. The average Bonchev–Trinajstić information content (AvgIpc) is 3.24. The van der Waals surface area contributed by atoms with Crippen molar-refractivity contribution >= 4 is 34.9 Å². The molecule has 156 valence electrons. The van der Waals surface area contributed by atoms with Crippen LogP contribution in [0.5, 0.6) is 0 Å². The third kappa shape index (κ3) is 4.27. The Bertz CT molecular complexity index is 1040. The zero-order valence-corrected chi connectivity index (χ0v) is 18.2. The fourth-order valence-electron chi connectivity index (χ4n) is 3.26. The summed E-state index contributed by atoms with van der Waals surface area (Å²) in [4.78, 5) is 25.7. The summed E-state index contributed by atoms with van der Waals surface area (Å²) in [6.07, 6.45) is 1.75. The van der Waals surface area contributed by atoms with Crippen LogP contribution in [0.2, 0.25) is 10.0 Å². The zero-order valence-electron chi connectivity index (χ0n) is 16.7. The van der Waals surface area contributed by atoms with Gasteiger partial charge in [-0.1, -0.05) is 42.2 Å². The number of halogens is 2. The van der Waals surface area contributed by atoms with E-state index < -0.39 is 0 Å². The predicted octanol–water partition coefficient (Wildman–Crippen LogP) is 4.52. The van der Waals surface area contributed by atoms with Crippen LogP contribution in [0, 0.1) is 0 Å². The molecule has 3 aromatic rings. The van der Waals surface area contributed by atoms with Gasteiger partial charge in [0, 0.05) is 48.9 Å². The second-order valence-electron chi connectivity index (χ2n) is 7.42. The number of carbonyl (C=O) groups excluding carboxylic acids is 1. The molecule has 1 aliphatic heterocycles. The minimum absolute atomic E-state index is 0.0855. The summed E-state index contributed by atoms with van der Waals surface area (Å²) in [6.45, 7) is 6.55. The number of carbonyl (C=O) groups is 1. The minimum Gasteiger partial charge on any atom is -0.353 e. The van der Waals surface area contributed by atoms with Crippen molar-refractivity contribution in [1.82, 2.24) is 20.0 Å². The van der Waals surface area contributed by atoms with E-state index in [1.165, 1.54) is 0 Å². The van der Waals surface area contributed by atoms with Gasteiger partial charge in [-0.15, -0.1) is 0 Å². The Kier molecular flexibility index (Phi) is 5.92. The van der Waals surface area contributed by atoms with Crippen molar-refractivity contribution in [3.05, 3.63) is 58.0 Å². The molecule has 0 aliphatic carbocycles. The Morgan fingerprint density at radius 3 is 2.47 bits per heavy atom. The molecular formula is C21H21Cl2N5O2. The molecule has 0 saturated carbocycles. The van der Waals surface area contributed by atoms with E-state index in [0.717, 1.165) is 11.4 Å². The van der Waals surface area contributed by atoms with E-state index in [9.17, 15) is 4.79 Å². The lowest BCUT2D eigenvalue weighted by atomic mass is 10.1. The number of anilines is 1. The van der Waals surface area contributed by atoms with Gasteiger partial charge in [0.2, 0.25) is 11.7 Å². The van der Waals surface area contributed by atoms with Crippen molar-refractivity contribution in [2.24, 2.45) is 0 Å². The third-order valence-electron chi connectivity index (χ3n) is 4.99. The molecule has 1 saturated heterocycles. The molecule has 0 N–H and O–H groups in total. The first kappa shape index (κ1) is 20.6. The molecule has 7 nitrogen and oxygen atoms in total. The lowest BCUT2D eigenvalue weighted by molar-refractivity contribution is 0.0746. The molecule has 1 amide bonds. The van der Waals surface area contributed by atoms with Gasteiger partial charge in [-0.05, 0) is 30.3 Å². The van der Waals surface area contributed by atoms with E-state index in [2.05, 4.69) is 20.0 Å². The summed E-state index contributed by atoms with van der Waals surface area (Å²) in [5.41, 5.74) is 1.28. The van der Waals surface area contributed by atoms with Crippen molar-refractivity contribution in [2.75, 3.05) is 31.1 Å². The zero-order chi connectivity index (χ0) is 21.3. The second-order valence-corrected chi connectivity index (χ2v) is 8.26. The van der Waals surface area contributed by atoms with E-state index in [0.29, 0.717) is 53.5 Å². The molecule has 0 bridgehead atoms. The van der Waals surface area contributed by atoms with Gasteiger partial charge >= 0.3 is 0 Å². The number of piperazine rings is 1. The Balaban J connectivity index is 1.39. The van der Waals surface area contributed by atoms with Crippen LogP contribution in [0.15, 0.2) is 41.1 Å². The van der Waals surface area contributed by atoms with Gasteiger partial charge in [-0.2, -0.15) is 4.98 Å². The Morgan fingerprint density at radius 1 is 1.10 bits per heavy atom. The SMILES string of the molecule is CC(C)c1nc(-c2ccc(N3CCN(C(=O)c4ccc(Cl)cc4Cl)CC3)nc2)no1. The highest BCUT2D eigenvalue weighted by atomic mass is 35.5. The van der Waals surface area contributed by atoms with Crippen LogP contribution in [-0.2, 0) is 0 Å². The summed E-state index contributed by atoms with van der Waals surface area (Å²) < 4.78 is 5.26. The topological polar surface area (TPSA) is 75.4 Å². The average molecular weight is 446 g/mol. The molecule has 1 aromatic carbocycles. The minimum atomic E-state index is -0.0855. The first-order valence-electron chi connectivity index (χ1n) is 9.71. The number of amides is 1. The summed E-state index contributed by atoms with van der Waals surface area (Å²) in [7, 11) is 0. The summed E-state index contributed by atoms with van der Waals surface area (Å²) in [5, 5.41) is 4.90. The fraction of sp³-hybridized carbons (Fsp3) is 0.333. The second kappa shape index (κ2) is 8.62. The van der Waals surface area contributed by atoms with Gasteiger partial charge in [0.05, 0.1) is 10.6 Å². The molecule has 1 fully saturated rings. The van der Waals surface area contributed by atoms with Crippen LogP contribution in [0.4, 0.5) is 5.82 Å². The van der Waals surface area contributed by atoms with Gasteiger partial charge in [0.15, 0.2) is 0 Å². The standard InChI is InChI=1S/C21H21Cl2N5O2/c1-13(2)20-25-19(26-30-20)14-3-6-18(24-12-14)27-7-9-28(10-8-27)21(29)16-5-4-15(22)11-17(16)23/h3-6,11-13H,7-10H2,1-2H3. The normalized spacial score (nSPS) is 14.4. The maximum absolute atomic E-state index is 12.8. The maximum atomic E-state index is 12.8. The highest BCUT2D eigenvalue weighted by molar-refractivity contribution is 6.36. The number of pyridine rings is 1. The fourth-order valence-corrected chi connectivity index (χ4v) is 3.75. The van der Waals surface area contributed by atoms with Crippen LogP contribution in [0.1, 0.15) is 36.0 Å². The van der Waals surface area contributed by atoms with Crippen LogP contribution in [0.3, 0.4) is 0 Å². The largest absolute Gasteiger partial charge is 0.353 e. The molecular weight excluding hydrogens is 425 g/mol. The van der Waals surface area contributed by atoms with Gasteiger partial charge in [0.25, 0.3) is 5.91 Å². The highest BCUT2D eigenvalue weighted by Crippen LogP contribution is 2.24. The van der Waals surface area contributed by atoms with E-state index in [1.54, 1.807) is 29.3 Å². The summed E-state index contributed by atoms with van der Waals surface area (Å²) in [5.74, 6) is 2.09. The van der Waals surface area contributed by atoms with E-state index >= 15 is 0 Å². The Morgan fingerprint density at radius 2 is 1.87 bits per heavy atom. The first-order valence-corrected chi connectivity index (χ1v) is 10.5. The number of benzene rings is 1. The van der Waals surface area contributed by atoms with Gasteiger partial charge in [0.1, 0.15) is 5.82 Å². The molecule has 0 atom stereocenters. The van der Waals surface area contributed by atoms with E-state index in [-0.39, 0.29) is 11.8 Å². The lowest BCUT2D eigenvalue weighted by Crippen LogP contribution is -2.49. The smallest absolute Gasteiger partial charge is 0.255 e. The monoisotopic (exact) mass is 445 g/mol. The number of nitrogens with zero attached hydrogens (tertiary/aromatic N) is 5. The summed E-state index contributed by atoms with van der Waals surface area (Å²) >= 11 is 12.1. The molecule has 3 heterocycles. The third-order valence-corrected chi connectivity index (χ3v) is 5.54. The Hall–Kier alpha value is -2.64. The molecule has 2 aromatic heterocycles. The molecule has 4 rings (SSSR count). The maximum Gasteiger partial charge on any atom is 0.255 e. The Labute approximate surface area is 184 Å².